The highest BCUT2D eigenvalue weighted by Gasteiger charge is 2.32. The minimum atomic E-state index is -1.62. The van der Waals surface area contributed by atoms with E-state index in [2.05, 4.69) is 52.2 Å². The summed E-state index contributed by atoms with van der Waals surface area (Å²) in [6.07, 6.45) is 2.49. The summed E-state index contributed by atoms with van der Waals surface area (Å²) in [7, 11) is 0. The van der Waals surface area contributed by atoms with E-state index in [-0.39, 0.29) is 75.4 Å². The van der Waals surface area contributed by atoms with Gasteiger partial charge in [-0.1, -0.05) is 45.9 Å². The zero-order valence-electron chi connectivity index (χ0n) is 39.3. The fourth-order valence-electron chi connectivity index (χ4n) is 6.81. The lowest BCUT2D eigenvalue weighted by Gasteiger charge is -2.26. The lowest BCUT2D eigenvalue weighted by molar-refractivity contribution is -0.141. The number of aliphatic hydroxyl groups excluding tert-OH is 1. The molecular formula is C43H71N15O10. The third kappa shape index (κ3) is 20.7. The molecule has 378 valence electrons. The molecule has 0 bridgehead atoms. The molecule has 0 saturated heterocycles. The number of nitrogens with one attached hydrogen (secondary N) is 8. The highest BCUT2D eigenvalue weighted by atomic mass is 16.4. The van der Waals surface area contributed by atoms with Crippen LogP contribution < -0.4 is 65.9 Å². The number of carboxylic acids is 1. The number of rotatable bonds is 30. The summed E-state index contributed by atoms with van der Waals surface area (Å²) in [5.74, 6) is -7.42. The summed E-state index contributed by atoms with van der Waals surface area (Å²) >= 11 is 0. The molecule has 0 saturated carbocycles. The van der Waals surface area contributed by atoms with E-state index in [1.807, 2.05) is 32.0 Å². The fourth-order valence-corrected chi connectivity index (χ4v) is 6.81. The SMILES string of the molecule is CC(C)C[C@H](NC(=O)[C@H](CO)NC(=O)[C@H](C)NC(=O)[C@H](CCCN=C(N)N)NC(=O)[C@H](CCCN=C(N)N)NC(=O)[C@@H](N)CC(C)C)C(=O)NCC(=O)N[C@@H](Cc1c[nH]c2ccccc12)C(=O)O. The van der Waals surface area contributed by atoms with Crippen molar-refractivity contribution < 1.29 is 48.6 Å². The molecule has 2 aromatic rings. The molecule has 0 unspecified atom stereocenters. The first-order chi connectivity index (χ1) is 32.0. The lowest BCUT2D eigenvalue weighted by atomic mass is 10.0. The Morgan fingerprint density at radius 2 is 1.15 bits per heavy atom. The third-order valence-corrected chi connectivity index (χ3v) is 10.3. The van der Waals surface area contributed by atoms with E-state index in [9.17, 15) is 48.6 Å². The summed E-state index contributed by atoms with van der Waals surface area (Å²) in [5.41, 5.74) is 29.2. The Balaban J connectivity index is 2.13. The molecule has 1 aromatic carbocycles. The highest BCUT2D eigenvalue weighted by molar-refractivity contribution is 5.97. The van der Waals surface area contributed by atoms with Gasteiger partial charge >= 0.3 is 5.97 Å². The number of aromatic amines is 1. The molecule has 0 radical (unpaired) electrons. The van der Waals surface area contributed by atoms with Gasteiger partial charge in [-0.3, -0.25) is 43.5 Å². The van der Waals surface area contributed by atoms with Crippen molar-refractivity contribution in [3.63, 3.8) is 0 Å². The van der Waals surface area contributed by atoms with Gasteiger partial charge in [-0.05, 0) is 68.9 Å². The van der Waals surface area contributed by atoms with Crippen molar-refractivity contribution in [2.24, 2.45) is 50.5 Å². The first-order valence-corrected chi connectivity index (χ1v) is 22.4. The van der Waals surface area contributed by atoms with Gasteiger partial charge in [-0.15, -0.1) is 0 Å². The van der Waals surface area contributed by atoms with E-state index >= 15 is 0 Å². The quantitative estimate of drug-likeness (QED) is 0.0204. The summed E-state index contributed by atoms with van der Waals surface area (Å²) in [4.78, 5) is 116. The van der Waals surface area contributed by atoms with E-state index in [1.165, 1.54) is 6.92 Å². The monoisotopic (exact) mass is 958 g/mol. The number of benzene rings is 1. The number of aromatic nitrogens is 1. The molecule has 0 fully saturated rings. The van der Waals surface area contributed by atoms with Crippen molar-refractivity contribution in [3.8, 4) is 0 Å². The third-order valence-electron chi connectivity index (χ3n) is 10.3. The van der Waals surface area contributed by atoms with Crippen LogP contribution in [0.25, 0.3) is 10.9 Å². The van der Waals surface area contributed by atoms with Crippen LogP contribution >= 0.6 is 0 Å². The van der Waals surface area contributed by atoms with Gasteiger partial charge in [0.25, 0.3) is 0 Å². The molecule has 20 N–H and O–H groups in total. The molecule has 0 aliphatic rings. The van der Waals surface area contributed by atoms with Crippen LogP contribution in [0.15, 0.2) is 40.4 Å². The number of amides is 7. The number of fused-ring (bicyclic) bond motifs is 1. The summed E-state index contributed by atoms with van der Waals surface area (Å²) in [6, 6.07) is -1.69. The van der Waals surface area contributed by atoms with Crippen molar-refractivity contribution in [1.82, 2.24) is 42.2 Å². The van der Waals surface area contributed by atoms with E-state index in [1.54, 1.807) is 26.1 Å². The summed E-state index contributed by atoms with van der Waals surface area (Å²) in [6.45, 7) is 7.24. The van der Waals surface area contributed by atoms with Gasteiger partial charge in [0.15, 0.2) is 11.9 Å². The van der Waals surface area contributed by atoms with Crippen LogP contribution in [-0.4, -0.2) is 143 Å². The maximum absolute atomic E-state index is 13.7. The molecule has 1 aromatic heterocycles. The van der Waals surface area contributed by atoms with Gasteiger partial charge < -0.3 is 81.1 Å². The number of guanidine groups is 2. The Kier molecular flexibility index (Phi) is 24.3. The van der Waals surface area contributed by atoms with Crippen molar-refractivity contribution in [2.45, 2.75) is 122 Å². The smallest absolute Gasteiger partial charge is 0.326 e. The minimum absolute atomic E-state index is 0.0298. The number of carbonyl (C=O) groups excluding carboxylic acids is 7. The van der Waals surface area contributed by atoms with Gasteiger partial charge in [-0.2, -0.15) is 0 Å². The molecule has 25 nitrogen and oxygen atoms in total. The van der Waals surface area contributed by atoms with Crippen LogP contribution in [-0.2, 0) is 44.8 Å². The predicted octanol–water partition coefficient (Wildman–Crippen LogP) is -3.64. The number of aliphatic carboxylic acids is 1. The standard InChI is InChI=1S/C43H71N15O10/c1-22(2)16-27(44)36(62)55-30(13-9-15-50-43(47)48)39(65)56-29(12-8-14-49-42(45)46)38(64)53-24(5)35(61)58-33(21-59)40(66)57-31(17-23(3)4)37(63)52-20-34(60)54-32(41(67)68)18-25-19-51-28-11-7-6-10-26(25)28/h6-7,10-11,19,22-24,27,29-33,51,59H,8-9,12-18,20-21,44H2,1-5H3,(H,52,63)(H,53,64)(H,54,60)(H,55,62)(H,56,65)(H,57,66)(H,58,61)(H,67,68)(H4,45,46,49)(H4,47,48,50)/t24-,27-,29-,30-,31-,32-,33-/m0/s1. The molecular weight excluding hydrogens is 887 g/mol. The average Bonchev–Trinajstić information content (AvgIpc) is 3.67. The Bertz CT molecular complexity index is 2080. The van der Waals surface area contributed by atoms with E-state index in [0.29, 0.717) is 12.0 Å². The number of carboxylic acid groups (broad SMARTS) is 1. The van der Waals surface area contributed by atoms with E-state index < -0.39 is 103 Å². The van der Waals surface area contributed by atoms with Crippen molar-refractivity contribution in [2.75, 3.05) is 26.2 Å². The second kappa shape index (κ2) is 28.9. The molecule has 7 amide bonds. The zero-order valence-corrected chi connectivity index (χ0v) is 39.3. The van der Waals surface area contributed by atoms with Crippen LogP contribution in [0, 0.1) is 11.8 Å². The minimum Gasteiger partial charge on any atom is -0.480 e. The number of carbonyl (C=O) groups is 8. The Morgan fingerprint density at radius 3 is 1.69 bits per heavy atom. The van der Waals surface area contributed by atoms with Crippen LogP contribution in [0.5, 0.6) is 0 Å². The predicted molar refractivity (Wildman–Crippen MR) is 254 cm³/mol. The molecule has 0 aliphatic heterocycles. The number of nitrogens with zero attached hydrogens (tertiary/aromatic N) is 2. The van der Waals surface area contributed by atoms with Gasteiger partial charge in [0.2, 0.25) is 41.4 Å². The topological polar surface area (TPSA) is 432 Å². The van der Waals surface area contributed by atoms with Crippen molar-refractivity contribution in [1.29, 1.82) is 0 Å². The molecule has 7 atom stereocenters. The summed E-state index contributed by atoms with van der Waals surface area (Å²) < 4.78 is 0. The van der Waals surface area contributed by atoms with Gasteiger partial charge in [0.05, 0.1) is 19.2 Å². The van der Waals surface area contributed by atoms with Crippen LogP contribution in [0.2, 0.25) is 0 Å². The van der Waals surface area contributed by atoms with Crippen molar-refractivity contribution >= 4 is 70.1 Å². The summed E-state index contributed by atoms with van der Waals surface area (Å²) in [5, 5.41) is 38.1. The van der Waals surface area contributed by atoms with Crippen molar-refractivity contribution in [3.05, 3.63) is 36.0 Å². The number of aliphatic hydroxyl groups is 1. The molecule has 68 heavy (non-hydrogen) atoms. The first kappa shape index (κ1) is 57.1. The normalized spacial score (nSPS) is 14.2. The largest absolute Gasteiger partial charge is 0.480 e. The average molecular weight is 958 g/mol. The fraction of sp³-hybridized carbons (Fsp3) is 0.581. The van der Waals surface area contributed by atoms with Crippen LogP contribution in [0.4, 0.5) is 0 Å². The Hall–Kier alpha value is -7.02. The second-order valence-electron chi connectivity index (χ2n) is 17.2. The van der Waals surface area contributed by atoms with E-state index in [0.717, 1.165) is 10.9 Å². The second-order valence-corrected chi connectivity index (χ2v) is 17.2. The molecule has 25 heteroatoms. The zero-order chi connectivity index (χ0) is 51.1. The maximum Gasteiger partial charge on any atom is 0.326 e. The number of aliphatic imine (C=N–C) groups is 2. The number of hydrogen-bond acceptors (Lipinski definition) is 12. The van der Waals surface area contributed by atoms with Crippen LogP contribution in [0.1, 0.15) is 78.7 Å². The van der Waals surface area contributed by atoms with E-state index in [4.69, 9.17) is 28.7 Å². The number of hydrogen-bond donors (Lipinski definition) is 15. The molecule has 0 aliphatic carbocycles. The molecule has 0 spiro atoms. The van der Waals surface area contributed by atoms with Gasteiger partial charge in [0.1, 0.15) is 36.3 Å². The number of H-pyrrole nitrogens is 1. The van der Waals surface area contributed by atoms with Crippen LogP contribution in [0.3, 0.4) is 0 Å². The molecule has 1 heterocycles. The Labute approximate surface area is 394 Å². The van der Waals surface area contributed by atoms with Gasteiger partial charge in [0, 0.05) is 36.6 Å². The number of nitrogens with two attached hydrogens (primary N) is 5. The molecule has 2 rings (SSSR count). The maximum atomic E-state index is 13.7. The highest BCUT2D eigenvalue weighted by Crippen LogP contribution is 2.19. The first-order valence-electron chi connectivity index (χ1n) is 22.4. The van der Waals surface area contributed by atoms with Gasteiger partial charge in [-0.25, -0.2) is 4.79 Å². The number of para-hydroxylation sites is 1. The lowest BCUT2D eigenvalue weighted by Crippen LogP contribution is -2.59. The Morgan fingerprint density at radius 1 is 0.632 bits per heavy atom.